The van der Waals surface area contributed by atoms with Gasteiger partial charge in [0.05, 0.1) is 67.0 Å². The SMILES string of the molecule is CC1(C)CC(c2ccc3c(c2)COC2(CCN(C4CCC4)CC2)O3)=NNC1=O.O=C1CCC(c2ccc3c(c2)COC2(CCN(C4CCC4)CC2)O3)=NN1.O=C1NN=C(c2ccc3c(c2)COC2(CCN(C4CCC4)CC2)O3)C2CC12.O=C1NN=C(c2ccc3c(c2)COC2(CCN(C4CCC4)CC2)O3)C2CCC12.O=c1cc(-c2ccccc2)c(-c2ccc3c(c2)COC2(CCN(C4CCC4)CC2)O3)n[nH]1. The number of nitrogens with one attached hydrogen (secondary N) is 5. The molecular weight excluding hydrogens is 1780 g/mol. The van der Waals surface area contributed by atoms with E-state index in [0.29, 0.717) is 52.3 Å². The summed E-state index contributed by atoms with van der Waals surface area (Å²) >= 11 is 0. The number of aromatic amines is 1. The predicted molar refractivity (Wildman–Crippen MR) is 529 cm³/mol. The fraction of sp³-hybridized carbons (Fsp3) is 0.568. The molecule has 14 aliphatic heterocycles. The normalized spacial score (nSPS) is 27.0. The number of carbonyl (C=O) groups excluding carboxylic acids is 4. The zero-order valence-electron chi connectivity index (χ0n) is 81.4. The number of amides is 4. The minimum absolute atomic E-state index is 0.0199. The molecule has 141 heavy (non-hydrogen) atoms. The first-order chi connectivity index (χ1) is 68.8. The summed E-state index contributed by atoms with van der Waals surface area (Å²) in [6.07, 6.45) is 34.4. The summed E-state index contributed by atoms with van der Waals surface area (Å²) in [7, 11) is 0. The molecule has 0 bridgehead atoms. The van der Waals surface area contributed by atoms with Gasteiger partial charge in [-0.1, -0.05) is 76.3 Å². The van der Waals surface area contributed by atoms with Crippen molar-refractivity contribution in [2.45, 2.75) is 305 Å². The molecule has 0 radical (unpaired) electrons. The number of nitrogens with zero attached hydrogens (tertiary/aromatic N) is 10. The Morgan fingerprint density at radius 3 is 1.04 bits per heavy atom. The van der Waals surface area contributed by atoms with Crippen molar-refractivity contribution in [3.63, 3.8) is 0 Å². The second kappa shape index (κ2) is 38.5. The topological polar surface area (TPSA) is 320 Å². The second-order valence-electron chi connectivity index (χ2n) is 43.9. The van der Waals surface area contributed by atoms with Crippen LogP contribution in [0.5, 0.6) is 28.7 Å². The maximum absolute atomic E-state index is 12.0. The predicted octanol–water partition coefficient (Wildman–Crippen LogP) is 15.3. The molecule has 30 nitrogen and oxygen atoms in total. The monoisotopic (exact) mass is 1920 g/mol. The molecule has 4 atom stereocenters. The van der Waals surface area contributed by atoms with E-state index in [0.717, 1.165) is 303 Å². The van der Waals surface area contributed by atoms with E-state index in [1.807, 2.05) is 80.6 Å². The third kappa shape index (κ3) is 19.1. The lowest BCUT2D eigenvalue weighted by atomic mass is 9.68. The van der Waals surface area contributed by atoms with Crippen molar-refractivity contribution in [2.75, 3.05) is 65.4 Å². The van der Waals surface area contributed by atoms with Gasteiger partial charge in [-0.15, -0.1) is 0 Å². The number of ether oxygens (including phenoxy) is 10. The van der Waals surface area contributed by atoms with Crippen LogP contribution in [-0.2, 0) is 75.9 Å². The molecule has 4 unspecified atom stereocenters. The molecule has 5 N–H and O–H groups in total. The van der Waals surface area contributed by atoms with Gasteiger partial charge in [0.25, 0.3) is 5.56 Å². The molecule has 7 saturated carbocycles. The van der Waals surface area contributed by atoms with E-state index in [4.69, 9.17) is 47.4 Å². The van der Waals surface area contributed by atoms with E-state index in [2.05, 4.69) is 131 Å². The molecular formula is C111H133N15O15. The van der Waals surface area contributed by atoms with Gasteiger partial charge in [0.2, 0.25) is 52.6 Å². The van der Waals surface area contributed by atoms with E-state index in [-0.39, 0.29) is 52.9 Å². The first-order valence-corrected chi connectivity index (χ1v) is 52.9. The van der Waals surface area contributed by atoms with E-state index in [1.54, 1.807) is 6.07 Å². The summed E-state index contributed by atoms with van der Waals surface area (Å²) in [5, 5.41) is 24.1. The standard InChI is InChI=1S/C26H27N3O3.C22H27N3O3.C22H29N3O3.C21H25N3O3.C20H25N3O3/c30-24-16-22(18-5-2-1-3-6-18)25(28-27-24)19-9-10-23-20(15-19)17-31-26(32-23)11-13-29(14-12-26)21-7-4-8-21;26-21-18-6-5-17(18)20(23-24-21)14-4-7-19-15(12-14)13-27-22(28-19)8-10-25(11-9-22)16-2-1-3-16;1-21(2)13-18(23-24-20(21)26)15-6-7-19-16(12-15)14-27-22(28-19)8-10-25(11-9-22)17-4-3-5-17;25-20-17-11-16(17)19(22-23-20)13-4-5-18-14(10-13)12-26-21(27-18)6-8-24(9-7-21)15-2-1-3-15;24-19-7-5-17(21-22-19)14-4-6-18-15(12-14)13-25-20(26-18)8-10-23(11-9-20)16-2-1-3-16/h1-3,5-6,9-10,15-16,21H,4,7-8,11-14,17H2,(H,27,30);4,7,12,16-18H,1-3,5-6,8-11,13H2,(H,24,26);6-7,12,17H,3-5,8-11,13-14H2,1-2H3,(H,24,26);4-5,10,15-17H,1-3,6-9,11-12H2,(H,23,25);4,6,12,16H,1-3,5,7-11,13H2,(H,22,24). The van der Waals surface area contributed by atoms with Crippen LogP contribution < -0.4 is 50.9 Å². The molecule has 6 aromatic carbocycles. The number of carbonyl (C=O) groups is 4. The third-order valence-corrected chi connectivity index (χ3v) is 34.8. The quantitative estimate of drug-likeness (QED) is 0.0803. The molecule has 21 aliphatic rings. The van der Waals surface area contributed by atoms with Gasteiger partial charge in [-0.3, -0.25) is 48.5 Å². The fourth-order valence-electron chi connectivity index (χ4n) is 24.3. The summed E-state index contributed by atoms with van der Waals surface area (Å²) in [4.78, 5) is 71.7. The van der Waals surface area contributed by atoms with Crippen LogP contribution in [0.3, 0.4) is 0 Å². The van der Waals surface area contributed by atoms with Crippen molar-refractivity contribution in [3.05, 3.63) is 188 Å². The van der Waals surface area contributed by atoms with Crippen LogP contribution in [0, 0.1) is 29.1 Å². The number of aromatic nitrogens is 2. The Bertz CT molecular complexity index is 6100. The highest BCUT2D eigenvalue weighted by atomic mass is 16.7. The number of hydrazone groups is 4. The van der Waals surface area contributed by atoms with Crippen molar-refractivity contribution in [3.8, 4) is 51.1 Å². The lowest BCUT2D eigenvalue weighted by Crippen LogP contribution is -2.54. The highest BCUT2D eigenvalue weighted by Crippen LogP contribution is 2.51. The number of fused-ring (bicyclic) bond motifs is 7. The van der Waals surface area contributed by atoms with Gasteiger partial charge >= 0.3 is 0 Å². The van der Waals surface area contributed by atoms with Gasteiger partial charge < -0.3 is 47.4 Å². The van der Waals surface area contributed by atoms with Crippen molar-refractivity contribution < 1.29 is 66.5 Å². The van der Waals surface area contributed by atoms with Crippen LogP contribution >= 0.6 is 0 Å². The average Bonchev–Trinajstić information content (AvgIpc) is 1.68. The Labute approximate surface area is 823 Å². The molecule has 4 amide bonds. The summed E-state index contributed by atoms with van der Waals surface area (Å²) in [6, 6.07) is 46.4. The number of piperidine rings is 5. The van der Waals surface area contributed by atoms with E-state index >= 15 is 0 Å². The molecule has 5 saturated heterocycles. The maximum Gasteiger partial charge on any atom is 0.264 e. The van der Waals surface area contributed by atoms with Gasteiger partial charge in [-0.25, -0.2) is 26.8 Å². The van der Waals surface area contributed by atoms with Crippen LogP contribution in [0.15, 0.2) is 153 Å². The van der Waals surface area contributed by atoms with Crippen molar-refractivity contribution in [1.29, 1.82) is 0 Å². The van der Waals surface area contributed by atoms with Gasteiger partial charge in [0, 0.05) is 248 Å². The molecule has 15 heterocycles. The minimum atomic E-state index is -0.500. The molecule has 7 aromatic rings. The first kappa shape index (κ1) is 92.8. The zero-order chi connectivity index (χ0) is 95.2. The van der Waals surface area contributed by atoms with Crippen LogP contribution in [0.1, 0.15) is 263 Å². The largest absolute Gasteiger partial charge is 0.462 e. The summed E-state index contributed by atoms with van der Waals surface area (Å²) in [6.45, 7) is 17.3. The van der Waals surface area contributed by atoms with Crippen LogP contribution in [0.25, 0.3) is 22.4 Å². The van der Waals surface area contributed by atoms with Crippen LogP contribution in [0.4, 0.5) is 0 Å². The third-order valence-electron chi connectivity index (χ3n) is 34.8. The van der Waals surface area contributed by atoms with Gasteiger partial charge in [-0.2, -0.15) is 25.5 Å². The summed E-state index contributed by atoms with van der Waals surface area (Å²) in [5.41, 5.74) is 26.7. The van der Waals surface area contributed by atoms with Gasteiger partial charge in [0.15, 0.2) is 0 Å². The highest BCUT2D eigenvalue weighted by molar-refractivity contribution is 6.10. The van der Waals surface area contributed by atoms with Gasteiger partial charge in [-0.05, 0) is 202 Å². The molecule has 28 rings (SSSR count). The van der Waals surface area contributed by atoms with E-state index in [1.165, 1.54) is 96.3 Å². The first-order valence-electron chi connectivity index (χ1n) is 52.9. The lowest BCUT2D eigenvalue weighted by Gasteiger charge is -2.47. The van der Waals surface area contributed by atoms with Crippen LogP contribution in [-0.4, -0.2) is 206 Å². The highest BCUT2D eigenvalue weighted by Gasteiger charge is 2.53. The van der Waals surface area contributed by atoms with Crippen molar-refractivity contribution >= 4 is 46.5 Å². The van der Waals surface area contributed by atoms with E-state index in [9.17, 15) is 24.0 Å². The Balaban J connectivity index is 0.0000000955. The number of benzene rings is 6. The Kier molecular flexibility index (Phi) is 25.3. The molecule has 742 valence electrons. The summed E-state index contributed by atoms with van der Waals surface area (Å²) in [5.74, 6) is 3.14. The number of rotatable bonds is 11. The molecule has 1 aromatic heterocycles. The van der Waals surface area contributed by atoms with E-state index < -0.39 is 34.4 Å². The maximum atomic E-state index is 12.0. The number of hydrogen-bond acceptors (Lipinski definition) is 25. The Morgan fingerprint density at radius 2 is 0.674 bits per heavy atom. The molecule has 5 spiro atoms. The Hall–Kier alpha value is -10.6. The van der Waals surface area contributed by atoms with Crippen molar-refractivity contribution in [2.24, 2.45) is 49.5 Å². The smallest absolute Gasteiger partial charge is 0.264 e. The van der Waals surface area contributed by atoms with Gasteiger partial charge in [0.1, 0.15) is 28.7 Å². The number of likely N-dealkylation sites (tertiary alicyclic amines) is 5. The van der Waals surface area contributed by atoms with Crippen LogP contribution in [0.2, 0.25) is 0 Å². The number of hydrogen-bond donors (Lipinski definition) is 5. The van der Waals surface area contributed by atoms with Crippen molar-refractivity contribution in [1.82, 2.24) is 56.4 Å². The summed E-state index contributed by atoms with van der Waals surface area (Å²) < 4.78 is 63.2. The molecule has 30 heteroatoms. The lowest BCUT2D eigenvalue weighted by molar-refractivity contribution is -0.231. The zero-order valence-corrected chi connectivity index (χ0v) is 81.4. The average molecular weight is 1920 g/mol. The molecule has 7 aliphatic carbocycles. The Morgan fingerprint density at radius 1 is 0.326 bits per heavy atom. The minimum Gasteiger partial charge on any atom is -0.462 e. The fourth-order valence-corrected chi connectivity index (χ4v) is 24.3. The molecule has 12 fully saturated rings. The second-order valence-corrected chi connectivity index (χ2v) is 43.9. The number of H-pyrrole nitrogens is 1.